The van der Waals surface area contributed by atoms with Gasteiger partial charge in [0.15, 0.2) is 0 Å². The van der Waals surface area contributed by atoms with Crippen LogP contribution >= 0.6 is 0 Å². The maximum absolute atomic E-state index is 10.8. The van der Waals surface area contributed by atoms with E-state index in [0.29, 0.717) is 12.6 Å². The van der Waals surface area contributed by atoms with Crippen LogP contribution in [0.1, 0.15) is 45.4 Å². The van der Waals surface area contributed by atoms with Crippen molar-refractivity contribution in [2.24, 2.45) is 5.41 Å². The Balaban J connectivity index is 2.24. The van der Waals surface area contributed by atoms with Crippen LogP contribution in [0.15, 0.2) is 0 Å². The Hall–Kier alpha value is -0.590. The zero-order chi connectivity index (χ0) is 11.8. The van der Waals surface area contributed by atoms with Crippen LogP contribution < -0.4 is 0 Å². The van der Waals surface area contributed by atoms with E-state index in [-0.39, 0.29) is 0 Å². The number of hydrogen-bond donors (Lipinski definition) is 1. The highest BCUT2D eigenvalue weighted by atomic mass is 16.3. The lowest BCUT2D eigenvalue weighted by Gasteiger charge is -2.42. The minimum Gasteiger partial charge on any atom is -0.387 e. The lowest BCUT2D eigenvalue weighted by atomic mass is 9.63. The van der Waals surface area contributed by atoms with Gasteiger partial charge >= 0.3 is 0 Å². The Morgan fingerprint density at radius 2 is 1.94 bits per heavy atom. The Kier molecular flexibility index (Phi) is 2.98. The predicted octanol–water partition coefficient (Wildman–Crippen LogP) is 1.92. The quantitative estimate of drug-likeness (QED) is 0.737. The highest BCUT2D eigenvalue weighted by molar-refractivity contribution is 5.16. The van der Waals surface area contributed by atoms with Crippen molar-refractivity contribution in [3.05, 3.63) is 0 Å². The summed E-state index contributed by atoms with van der Waals surface area (Å²) in [5.74, 6) is 0. The molecule has 2 aliphatic rings. The van der Waals surface area contributed by atoms with Crippen molar-refractivity contribution in [2.45, 2.75) is 57.1 Å². The third kappa shape index (κ3) is 1.65. The van der Waals surface area contributed by atoms with E-state index >= 15 is 0 Å². The minimum absolute atomic E-state index is 0.386. The van der Waals surface area contributed by atoms with Crippen molar-refractivity contribution in [3.63, 3.8) is 0 Å². The first-order chi connectivity index (χ1) is 7.53. The van der Waals surface area contributed by atoms with Crippen molar-refractivity contribution >= 4 is 0 Å². The molecule has 0 bridgehead atoms. The number of rotatable bonds is 1. The molecular formula is C13H22N2O. The van der Waals surface area contributed by atoms with Crippen molar-refractivity contribution in [1.29, 1.82) is 5.26 Å². The van der Waals surface area contributed by atoms with Crippen LogP contribution in [-0.4, -0.2) is 35.2 Å². The normalized spacial score (nSPS) is 39.5. The first kappa shape index (κ1) is 11.9. The zero-order valence-electron chi connectivity index (χ0n) is 10.4. The van der Waals surface area contributed by atoms with Gasteiger partial charge in [0.25, 0.3) is 0 Å². The second-order valence-electron chi connectivity index (χ2n) is 5.75. The van der Waals surface area contributed by atoms with Gasteiger partial charge in [0.05, 0.1) is 17.1 Å². The van der Waals surface area contributed by atoms with Gasteiger partial charge in [-0.25, -0.2) is 0 Å². The summed E-state index contributed by atoms with van der Waals surface area (Å²) in [6, 6.07) is 2.85. The standard InChI is InChI=1S/C13H22N2O/c1-11-8-13(16,10-15(11)2)12(9-14)6-4-3-5-7-12/h11,16H,3-8,10H2,1-2H3. The molecule has 2 unspecified atom stereocenters. The number of nitrogens with zero attached hydrogens (tertiary/aromatic N) is 2. The average Bonchev–Trinajstić information content (AvgIpc) is 2.55. The highest BCUT2D eigenvalue weighted by Crippen LogP contribution is 2.49. The highest BCUT2D eigenvalue weighted by Gasteiger charge is 2.55. The van der Waals surface area contributed by atoms with Gasteiger partial charge in [-0.15, -0.1) is 0 Å². The van der Waals surface area contributed by atoms with Crippen LogP contribution in [0.5, 0.6) is 0 Å². The summed E-state index contributed by atoms with van der Waals surface area (Å²) in [6.07, 6.45) is 5.89. The van der Waals surface area contributed by atoms with Gasteiger partial charge in [-0.05, 0) is 33.2 Å². The summed E-state index contributed by atoms with van der Waals surface area (Å²) in [4.78, 5) is 2.17. The zero-order valence-corrected chi connectivity index (χ0v) is 10.4. The van der Waals surface area contributed by atoms with E-state index < -0.39 is 11.0 Å². The molecule has 0 amide bonds. The summed E-state index contributed by atoms with van der Waals surface area (Å²) < 4.78 is 0. The largest absolute Gasteiger partial charge is 0.387 e. The second-order valence-corrected chi connectivity index (χ2v) is 5.75. The number of β-amino-alcohol motifs (C(OH)–C–C–N with tert-alkyl or cyclic N) is 1. The van der Waals surface area contributed by atoms with E-state index in [1.165, 1.54) is 6.42 Å². The predicted molar refractivity (Wildman–Crippen MR) is 62.8 cm³/mol. The number of nitriles is 1. The van der Waals surface area contributed by atoms with Crippen LogP contribution in [0.4, 0.5) is 0 Å². The van der Waals surface area contributed by atoms with E-state index in [9.17, 15) is 10.4 Å². The van der Waals surface area contributed by atoms with Crippen LogP contribution in [0.25, 0.3) is 0 Å². The molecule has 0 radical (unpaired) electrons. The molecule has 1 N–H and O–H groups in total. The molecule has 90 valence electrons. The van der Waals surface area contributed by atoms with E-state index in [2.05, 4.69) is 17.9 Å². The maximum Gasteiger partial charge on any atom is 0.0974 e. The molecule has 2 rings (SSSR count). The third-order valence-electron chi connectivity index (χ3n) is 4.71. The second kappa shape index (κ2) is 4.01. The van der Waals surface area contributed by atoms with Gasteiger partial charge in [-0.3, -0.25) is 0 Å². The van der Waals surface area contributed by atoms with E-state index in [1.807, 2.05) is 7.05 Å². The van der Waals surface area contributed by atoms with Gasteiger partial charge in [0.1, 0.15) is 0 Å². The molecule has 2 fully saturated rings. The summed E-state index contributed by atoms with van der Waals surface area (Å²) in [6.45, 7) is 2.79. The molecule has 1 heterocycles. The number of likely N-dealkylation sites (tertiary alicyclic amines) is 1. The molecule has 1 saturated heterocycles. The Bertz CT molecular complexity index is 292. The molecular weight excluding hydrogens is 200 g/mol. The van der Waals surface area contributed by atoms with E-state index in [4.69, 9.17) is 0 Å². The van der Waals surface area contributed by atoms with Gasteiger partial charge in [-0.2, -0.15) is 5.26 Å². The monoisotopic (exact) mass is 222 g/mol. The SMILES string of the molecule is CC1CC(O)(C2(C#N)CCCCC2)CN1C. The van der Waals surface area contributed by atoms with Gasteiger partial charge in [0, 0.05) is 12.6 Å². The molecule has 1 saturated carbocycles. The van der Waals surface area contributed by atoms with Crippen molar-refractivity contribution in [3.8, 4) is 6.07 Å². The van der Waals surface area contributed by atoms with Crippen molar-refractivity contribution in [2.75, 3.05) is 13.6 Å². The van der Waals surface area contributed by atoms with E-state index in [1.54, 1.807) is 0 Å². The summed E-state index contributed by atoms with van der Waals surface area (Å²) in [5, 5.41) is 20.4. The third-order valence-corrected chi connectivity index (χ3v) is 4.71. The van der Waals surface area contributed by atoms with Gasteiger partial charge in [0.2, 0.25) is 0 Å². The Morgan fingerprint density at radius 3 is 2.38 bits per heavy atom. The summed E-state index contributed by atoms with van der Waals surface area (Å²) in [7, 11) is 2.04. The number of aliphatic hydroxyl groups is 1. The molecule has 1 aliphatic heterocycles. The summed E-state index contributed by atoms with van der Waals surface area (Å²) >= 11 is 0. The number of likely N-dealkylation sites (N-methyl/N-ethyl adjacent to an activating group) is 1. The van der Waals surface area contributed by atoms with Crippen LogP contribution in [0.3, 0.4) is 0 Å². The molecule has 3 nitrogen and oxygen atoms in total. The molecule has 1 aliphatic carbocycles. The minimum atomic E-state index is -0.781. The van der Waals surface area contributed by atoms with E-state index in [0.717, 1.165) is 32.1 Å². The van der Waals surface area contributed by atoms with Crippen molar-refractivity contribution in [1.82, 2.24) is 4.90 Å². The first-order valence-corrected chi connectivity index (χ1v) is 6.37. The lowest BCUT2D eigenvalue weighted by molar-refractivity contribution is -0.0623. The van der Waals surface area contributed by atoms with Crippen LogP contribution in [0.2, 0.25) is 0 Å². The lowest BCUT2D eigenvalue weighted by Crippen LogP contribution is -2.50. The molecule has 0 aromatic carbocycles. The maximum atomic E-state index is 10.8. The summed E-state index contributed by atoms with van der Waals surface area (Å²) in [5.41, 5.74) is -1.26. The molecule has 3 heteroatoms. The fourth-order valence-electron chi connectivity index (χ4n) is 3.46. The molecule has 0 aromatic rings. The first-order valence-electron chi connectivity index (χ1n) is 6.37. The van der Waals surface area contributed by atoms with Gasteiger partial charge < -0.3 is 10.0 Å². The fourth-order valence-corrected chi connectivity index (χ4v) is 3.46. The molecule has 0 spiro atoms. The van der Waals surface area contributed by atoms with Gasteiger partial charge in [-0.1, -0.05) is 19.3 Å². The molecule has 2 atom stereocenters. The topological polar surface area (TPSA) is 47.3 Å². The van der Waals surface area contributed by atoms with Crippen LogP contribution in [0, 0.1) is 16.7 Å². The van der Waals surface area contributed by atoms with Crippen molar-refractivity contribution < 1.29 is 5.11 Å². The molecule has 16 heavy (non-hydrogen) atoms. The number of hydrogen-bond acceptors (Lipinski definition) is 3. The fraction of sp³-hybridized carbons (Fsp3) is 0.923. The average molecular weight is 222 g/mol. The van der Waals surface area contributed by atoms with Crippen LogP contribution in [-0.2, 0) is 0 Å². The Labute approximate surface area is 98.1 Å². The molecule has 0 aromatic heterocycles. The Morgan fingerprint density at radius 1 is 1.31 bits per heavy atom. The smallest absolute Gasteiger partial charge is 0.0974 e.